The second-order valence-electron chi connectivity index (χ2n) is 5.20. The summed E-state index contributed by atoms with van der Waals surface area (Å²) in [6.45, 7) is 4.64. The Morgan fingerprint density at radius 1 is 1.20 bits per heavy atom. The summed E-state index contributed by atoms with van der Waals surface area (Å²) in [6.07, 6.45) is 10.9. The van der Waals surface area contributed by atoms with Gasteiger partial charge in [-0.1, -0.05) is 46.0 Å². The minimum Gasteiger partial charge on any atom is -0.300 e. The summed E-state index contributed by atoms with van der Waals surface area (Å²) in [5.41, 5.74) is 0. The first kappa shape index (κ1) is 12.7. The Morgan fingerprint density at radius 3 is 2.47 bits per heavy atom. The Hall–Kier alpha value is -0.330. The van der Waals surface area contributed by atoms with E-state index in [9.17, 15) is 4.79 Å². The van der Waals surface area contributed by atoms with E-state index < -0.39 is 0 Å². The average Bonchev–Trinajstić information content (AvgIpc) is 2.25. The van der Waals surface area contributed by atoms with Gasteiger partial charge in [0.1, 0.15) is 5.78 Å². The van der Waals surface area contributed by atoms with Crippen LogP contribution >= 0.6 is 0 Å². The lowest BCUT2D eigenvalue weighted by Crippen LogP contribution is -2.19. The van der Waals surface area contributed by atoms with Crippen molar-refractivity contribution in [3.05, 3.63) is 0 Å². The first-order valence-electron chi connectivity index (χ1n) is 6.75. The van der Waals surface area contributed by atoms with Crippen LogP contribution in [0.25, 0.3) is 0 Å². The molecule has 1 atom stereocenters. The number of carbonyl (C=O) groups is 1. The maximum Gasteiger partial charge on any atom is 0.132 e. The van der Waals surface area contributed by atoms with Gasteiger partial charge in [-0.25, -0.2) is 0 Å². The molecule has 15 heavy (non-hydrogen) atoms. The van der Waals surface area contributed by atoms with Gasteiger partial charge in [0, 0.05) is 12.8 Å². The number of rotatable bonds is 6. The Morgan fingerprint density at radius 2 is 1.87 bits per heavy atom. The SMILES string of the molecule is CCCCCCC(C)C1CCC(=O)CC1. The van der Waals surface area contributed by atoms with Gasteiger partial charge >= 0.3 is 0 Å². The molecule has 0 radical (unpaired) electrons. The third-order valence-electron chi connectivity index (χ3n) is 3.91. The molecule has 0 aliphatic heterocycles. The number of hydrogen-bond donors (Lipinski definition) is 0. The van der Waals surface area contributed by atoms with Crippen LogP contribution in [0, 0.1) is 11.8 Å². The van der Waals surface area contributed by atoms with Crippen LogP contribution in [0.4, 0.5) is 0 Å². The van der Waals surface area contributed by atoms with E-state index in [2.05, 4.69) is 13.8 Å². The fourth-order valence-electron chi connectivity index (χ4n) is 2.66. The highest BCUT2D eigenvalue weighted by atomic mass is 16.1. The largest absolute Gasteiger partial charge is 0.300 e. The highest BCUT2D eigenvalue weighted by Crippen LogP contribution is 2.31. The normalized spacial score (nSPS) is 20.5. The summed E-state index contributed by atoms with van der Waals surface area (Å²) < 4.78 is 0. The fourth-order valence-corrected chi connectivity index (χ4v) is 2.66. The summed E-state index contributed by atoms with van der Waals surface area (Å²) in [6, 6.07) is 0. The Bertz CT molecular complexity index is 176. The lowest BCUT2D eigenvalue weighted by Gasteiger charge is -2.27. The third-order valence-corrected chi connectivity index (χ3v) is 3.91. The average molecular weight is 210 g/mol. The molecule has 0 heterocycles. The zero-order valence-corrected chi connectivity index (χ0v) is 10.4. The molecular weight excluding hydrogens is 184 g/mol. The predicted molar refractivity (Wildman–Crippen MR) is 64.9 cm³/mol. The molecule has 0 spiro atoms. The zero-order chi connectivity index (χ0) is 11.1. The molecular formula is C14H26O. The molecule has 1 aliphatic carbocycles. The van der Waals surface area contributed by atoms with E-state index in [1.807, 2.05) is 0 Å². The number of ketones is 1. The van der Waals surface area contributed by atoms with E-state index >= 15 is 0 Å². The lowest BCUT2D eigenvalue weighted by molar-refractivity contribution is -0.121. The Labute approximate surface area is 94.6 Å². The molecule has 0 saturated heterocycles. The minimum atomic E-state index is 0.490. The Kier molecular flexibility index (Phi) is 5.97. The van der Waals surface area contributed by atoms with Crippen molar-refractivity contribution in [3.8, 4) is 0 Å². The van der Waals surface area contributed by atoms with Crippen molar-refractivity contribution in [2.75, 3.05) is 0 Å². The second-order valence-corrected chi connectivity index (χ2v) is 5.20. The summed E-state index contributed by atoms with van der Waals surface area (Å²) >= 11 is 0. The highest BCUT2D eigenvalue weighted by Gasteiger charge is 2.22. The molecule has 0 aromatic heterocycles. The van der Waals surface area contributed by atoms with E-state index in [0.29, 0.717) is 5.78 Å². The molecule has 1 heteroatoms. The van der Waals surface area contributed by atoms with Crippen molar-refractivity contribution in [1.29, 1.82) is 0 Å². The molecule has 1 nitrogen and oxygen atoms in total. The number of Topliss-reactive ketones (excluding diaryl/α,β-unsaturated/α-hetero) is 1. The van der Waals surface area contributed by atoms with Gasteiger partial charge in [0.2, 0.25) is 0 Å². The number of unbranched alkanes of at least 4 members (excludes halogenated alkanes) is 3. The Balaban J connectivity index is 2.11. The van der Waals surface area contributed by atoms with Crippen molar-refractivity contribution < 1.29 is 4.79 Å². The molecule has 88 valence electrons. The van der Waals surface area contributed by atoms with Gasteiger partial charge in [-0.2, -0.15) is 0 Å². The van der Waals surface area contributed by atoms with E-state index in [1.54, 1.807) is 0 Å². The minimum absolute atomic E-state index is 0.490. The summed E-state index contributed by atoms with van der Waals surface area (Å²) in [4.78, 5) is 11.1. The van der Waals surface area contributed by atoms with Gasteiger partial charge in [0.25, 0.3) is 0 Å². The van der Waals surface area contributed by atoms with Crippen LogP contribution in [0.15, 0.2) is 0 Å². The van der Waals surface area contributed by atoms with E-state index in [1.165, 1.54) is 32.1 Å². The van der Waals surface area contributed by atoms with Crippen molar-refractivity contribution >= 4 is 5.78 Å². The molecule has 1 unspecified atom stereocenters. The second kappa shape index (κ2) is 7.03. The zero-order valence-electron chi connectivity index (χ0n) is 10.4. The van der Waals surface area contributed by atoms with Gasteiger partial charge in [-0.05, 0) is 24.7 Å². The number of carbonyl (C=O) groups excluding carboxylic acids is 1. The smallest absolute Gasteiger partial charge is 0.132 e. The van der Waals surface area contributed by atoms with Crippen LogP contribution in [0.5, 0.6) is 0 Å². The van der Waals surface area contributed by atoms with Crippen LogP contribution in [0.2, 0.25) is 0 Å². The molecule has 1 rings (SSSR count). The lowest BCUT2D eigenvalue weighted by atomic mass is 9.78. The van der Waals surface area contributed by atoms with Crippen molar-refractivity contribution in [1.82, 2.24) is 0 Å². The molecule has 0 amide bonds. The topological polar surface area (TPSA) is 17.1 Å². The summed E-state index contributed by atoms with van der Waals surface area (Å²) in [5.74, 6) is 2.17. The predicted octanol–water partition coefficient (Wildman–Crippen LogP) is 4.35. The highest BCUT2D eigenvalue weighted by molar-refractivity contribution is 5.79. The molecule has 1 fully saturated rings. The monoisotopic (exact) mass is 210 g/mol. The molecule has 0 aromatic carbocycles. The summed E-state index contributed by atoms with van der Waals surface area (Å²) in [7, 11) is 0. The fraction of sp³-hybridized carbons (Fsp3) is 0.929. The van der Waals surface area contributed by atoms with Gasteiger partial charge < -0.3 is 0 Å². The van der Waals surface area contributed by atoms with Crippen molar-refractivity contribution in [2.24, 2.45) is 11.8 Å². The van der Waals surface area contributed by atoms with Crippen LogP contribution < -0.4 is 0 Å². The molecule has 0 aromatic rings. The van der Waals surface area contributed by atoms with Gasteiger partial charge in [-0.3, -0.25) is 4.79 Å². The standard InChI is InChI=1S/C14H26O/c1-3-4-5-6-7-12(2)13-8-10-14(15)11-9-13/h12-13H,3-11H2,1-2H3. The van der Waals surface area contributed by atoms with E-state index in [4.69, 9.17) is 0 Å². The van der Waals surface area contributed by atoms with Crippen molar-refractivity contribution in [3.63, 3.8) is 0 Å². The maximum absolute atomic E-state index is 11.1. The molecule has 1 aliphatic rings. The van der Waals surface area contributed by atoms with Gasteiger partial charge in [-0.15, -0.1) is 0 Å². The van der Waals surface area contributed by atoms with Crippen LogP contribution in [0.3, 0.4) is 0 Å². The molecule has 1 saturated carbocycles. The number of hydrogen-bond acceptors (Lipinski definition) is 1. The van der Waals surface area contributed by atoms with E-state index in [0.717, 1.165) is 37.5 Å². The first-order chi connectivity index (χ1) is 7.24. The van der Waals surface area contributed by atoms with Gasteiger partial charge in [0.05, 0.1) is 0 Å². The van der Waals surface area contributed by atoms with Crippen LogP contribution in [0.1, 0.15) is 71.6 Å². The van der Waals surface area contributed by atoms with Crippen LogP contribution in [-0.4, -0.2) is 5.78 Å². The molecule has 0 bridgehead atoms. The van der Waals surface area contributed by atoms with Gasteiger partial charge in [0.15, 0.2) is 0 Å². The third kappa shape index (κ3) is 4.81. The van der Waals surface area contributed by atoms with E-state index in [-0.39, 0.29) is 0 Å². The maximum atomic E-state index is 11.1. The van der Waals surface area contributed by atoms with Crippen molar-refractivity contribution in [2.45, 2.75) is 71.6 Å². The first-order valence-corrected chi connectivity index (χ1v) is 6.75. The quantitative estimate of drug-likeness (QED) is 0.596. The summed E-state index contributed by atoms with van der Waals surface area (Å²) in [5, 5.41) is 0. The van der Waals surface area contributed by atoms with Crippen LogP contribution in [-0.2, 0) is 4.79 Å². The molecule has 0 N–H and O–H groups in total.